The summed E-state index contributed by atoms with van der Waals surface area (Å²) in [7, 11) is 0. The number of rotatable bonds is 4. The standard InChI is InChI=1S/C14H11ClFNO3/c15-11-2-1-3-12(16)10(11)7-20-13-6-8(17)4-5-9(13)14(18)19/h1-6H,7,17H2,(H,18,19). The van der Waals surface area contributed by atoms with Gasteiger partial charge in [-0.05, 0) is 24.3 Å². The monoisotopic (exact) mass is 295 g/mol. The molecule has 0 atom stereocenters. The van der Waals surface area contributed by atoms with Gasteiger partial charge in [0, 0.05) is 17.3 Å². The van der Waals surface area contributed by atoms with E-state index in [0.29, 0.717) is 5.69 Å². The van der Waals surface area contributed by atoms with E-state index >= 15 is 0 Å². The Balaban J connectivity index is 2.27. The summed E-state index contributed by atoms with van der Waals surface area (Å²) in [5.41, 5.74) is 6.05. The molecule has 6 heteroatoms. The van der Waals surface area contributed by atoms with Gasteiger partial charge in [-0.2, -0.15) is 0 Å². The molecule has 2 aromatic rings. The fourth-order valence-electron chi connectivity index (χ4n) is 1.66. The third-order valence-corrected chi connectivity index (χ3v) is 3.02. The Labute approximate surface area is 119 Å². The fraction of sp³-hybridized carbons (Fsp3) is 0.0714. The zero-order valence-electron chi connectivity index (χ0n) is 10.3. The van der Waals surface area contributed by atoms with E-state index in [1.54, 1.807) is 0 Å². The molecule has 3 N–H and O–H groups in total. The normalized spacial score (nSPS) is 10.3. The minimum absolute atomic E-state index is 0.0494. The molecule has 0 saturated heterocycles. The molecule has 0 saturated carbocycles. The van der Waals surface area contributed by atoms with Gasteiger partial charge >= 0.3 is 5.97 Å². The number of benzene rings is 2. The molecule has 2 aromatic carbocycles. The molecule has 0 heterocycles. The van der Waals surface area contributed by atoms with Crippen LogP contribution in [0.1, 0.15) is 15.9 Å². The van der Waals surface area contributed by atoms with Crippen molar-refractivity contribution in [1.29, 1.82) is 0 Å². The number of anilines is 1. The quantitative estimate of drug-likeness (QED) is 0.849. The van der Waals surface area contributed by atoms with Gasteiger partial charge in [0.1, 0.15) is 23.7 Å². The lowest BCUT2D eigenvalue weighted by molar-refractivity contribution is 0.0692. The van der Waals surface area contributed by atoms with Gasteiger partial charge in [0.05, 0.1) is 5.02 Å². The number of carboxylic acid groups (broad SMARTS) is 1. The van der Waals surface area contributed by atoms with Crippen LogP contribution in [-0.2, 0) is 6.61 Å². The minimum Gasteiger partial charge on any atom is -0.488 e. The fourth-order valence-corrected chi connectivity index (χ4v) is 1.87. The maximum absolute atomic E-state index is 13.6. The number of nitrogen functional groups attached to an aromatic ring is 1. The van der Waals surface area contributed by atoms with E-state index in [2.05, 4.69) is 0 Å². The van der Waals surface area contributed by atoms with E-state index in [0.717, 1.165) is 0 Å². The Bertz CT molecular complexity index is 641. The highest BCUT2D eigenvalue weighted by Gasteiger charge is 2.13. The molecule has 0 aliphatic carbocycles. The van der Waals surface area contributed by atoms with Gasteiger partial charge < -0.3 is 15.6 Å². The van der Waals surface area contributed by atoms with Crippen molar-refractivity contribution in [2.45, 2.75) is 6.61 Å². The Kier molecular flexibility index (Phi) is 4.10. The molecule has 0 bridgehead atoms. The lowest BCUT2D eigenvalue weighted by Crippen LogP contribution is -2.05. The van der Waals surface area contributed by atoms with E-state index in [9.17, 15) is 9.18 Å². The second-order valence-electron chi connectivity index (χ2n) is 4.05. The summed E-state index contributed by atoms with van der Waals surface area (Å²) in [5.74, 6) is -1.60. The van der Waals surface area contributed by atoms with Crippen LogP contribution in [-0.4, -0.2) is 11.1 Å². The molecular formula is C14H11ClFNO3. The van der Waals surface area contributed by atoms with Gasteiger partial charge in [0.2, 0.25) is 0 Å². The predicted octanol–water partition coefficient (Wildman–Crippen LogP) is 3.34. The van der Waals surface area contributed by atoms with Crippen molar-refractivity contribution >= 4 is 23.3 Å². The topological polar surface area (TPSA) is 72.6 Å². The second-order valence-corrected chi connectivity index (χ2v) is 4.46. The van der Waals surface area contributed by atoms with E-state index in [1.165, 1.54) is 36.4 Å². The summed E-state index contributed by atoms with van der Waals surface area (Å²) in [6.45, 7) is -0.185. The van der Waals surface area contributed by atoms with E-state index < -0.39 is 11.8 Å². The highest BCUT2D eigenvalue weighted by Crippen LogP contribution is 2.25. The van der Waals surface area contributed by atoms with Crippen LogP contribution in [0.2, 0.25) is 5.02 Å². The first-order valence-corrected chi connectivity index (χ1v) is 6.05. The van der Waals surface area contributed by atoms with Crippen LogP contribution in [0.25, 0.3) is 0 Å². The third kappa shape index (κ3) is 3.00. The molecule has 20 heavy (non-hydrogen) atoms. The molecule has 2 rings (SSSR count). The van der Waals surface area contributed by atoms with E-state index in [1.807, 2.05) is 0 Å². The Morgan fingerprint density at radius 3 is 2.75 bits per heavy atom. The van der Waals surface area contributed by atoms with Gasteiger partial charge in [-0.15, -0.1) is 0 Å². The maximum atomic E-state index is 13.6. The van der Waals surface area contributed by atoms with E-state index in [-0.39, 0.29) is 28.5 Å². The first kappa shape index (κ1) is 14.1. The largest absolute Gasteiger partial charge is 0.488 e. The summed E-state index contributed by atoms with van der Waals surface area (Å²) in [4.78, 5) is 11.1. The average molecular weight is 296 g/mol. The van der Waals surface area contributed by atoms with Gasteiger partial charge in [0.15, 0.2) is 0 Å². The zero-order chi connectivity index (χ0) is 14.7. The number of aromatic carboxylic acids is 1. The van der Waals surface area contributed by atoms with Crippen molar-refractivity contribution in [3.05, 3.63) is 58.4 Å². The maximum Gasteiger partial charge on any atom is 0.339 e. The minimum atomic E-state index is -1.15. The molecule has 104 valence electrons. The number of hydrogen-bond acceptors (Lipinski definition) is 3. The van der Waals surface area contributed by atoms with Crippen molar-refractivity contribution in [2.75, 3.05) is 5.73 Å². The van der Waals surface area contributed by atoms with Crippen molar-refractivity contribution in [3.8, 4) is 5.75 Å². The van der Waals surface area contributed by atoms with Gasteiger partial charge in [0.25, 0.3) is 0 Å². The summed E-state index contributed by atoms with van der Waals surface area (Å²) in [5, 5.41) is 9.26. The second kappa shape index (κ2) is 5.79. The SMILES string of the molecule is Nc1ccc(C(=O)O)c(OCc2c(F)cccc2Cl)c1. The van der Waals surface area contributed by atoms with Crippen molar-refractivity contribution in [3.63, 3.8) is 0 Å². The summed E-state index contributed by atoms with van der Waals surface area (Å²) < 4.78 is 18.9. The van der Waals surface area contributed by atoms with Crippen LogP contribution < -0.4 is 10.5 Å². The van der Waals surface area contributed by atoms with Crippen LogP contribution in [0.4, 0.5) is 10.1 Å². The number of hydrogen-bond donors (Lipinski definition) is 2. The van der Waals surface area contributed by atoms with Crippen molar-refractivity contribution < 1.29 is 19.0 Å². The lowest BCUT2D eigenvalue weighted by atomic mass is 10.2. The molecule has 0 aromatic heterocycles. The Hall–Kier alpha value is -2.27. The first-order chi connectivity index (χ1) is 9.49. The molecule has 0 unspecified atom stereocenters. The Morgan fingerprint density at radius 2 is 2.10 bits per heavy atom. The number of nitrogens with two attached hydrogens (primary N) is 1. The average Bonchev–Trinajstić information content (AvgIpc) is 2.37. The highest BCUT2D eigenvalue weighted by molar-refractivity contribution is 6.31. The van der Waals surface area contributed by atoms with Crippen molar-refractivity contribution in [1.82, 2.24) is 0 Å². The summed E-state index contributed by atoms with van der Waals surface area (Å²) in [6, 6.07) is 8.41. The Morgan fingerprint density at radius 1 is 1.35 bits per heavy atom. The summed E-state index contributed by atoms with van der Waals surface area (Å²) >= 11 is 5.87. The number of ether oxygens (including phenoxy) is 1. The molecule has 0 amide bonds. The van der Waals surface area contributed by atoms with Crippen LogP contribution in [0.15, 0.2) is 36.4 Å². The van der Waals surface area contributed by atoms with Crippen LogP contribution in [0, 0.1) is 5.82 Å². The molecule has 0 spiro atoms. The molecule has 0 aliphatic rings. The molecule has 0 fully saturated rings. The number of carboxylic acids is 1. The number of halogens is 2. The van der Waals surface area contributed by atoms with Crippen LogP contribution in [0.3, 0.4) is 0 Å². The predicted molar refractivity (Wildman–Crippen MR) is 73.6 cm³/mol. The molecule has 0 aliphatic heterocycles. The van der Waals surface area contributed by atoms with Crippen LogP contribution >= 0.6 is 11.6 Å². The number of carbonyl (C=O) groups is 1. The molecular weight excluding hydrogens is 285 g/mol. The highest BCUT2D eigenvalue weighted by atomic mass is 35.5. The molecule has 0 radical (unpaired) electrons. The van der Waals surface area contributed by atoms with Gasteiger partial charge in [-0.25, -0.2) is 9.18 Å². The van der Waals surface area contributed by atoms with Crippen LogP contribution in [0.5, 0.6) is 5.75 Å². The van der Waals surface area contributed by atoms with Gasteiger partial charge in [-0.1, -0.05) is 17.7 Å². The first-order valence-electron chi connectivity index (χ1n) is 5.67. The zero-order valence-corrected chi connectivity index (χ0v) is 11.0. The third-order valence-electron chi connectivity index (χ3n) is 2.67. The van der Waals surface area contributed by atoms with E-state index in [4.69, 9.17) is 27.2 Å². The lowest BCUT2D eigenvalue weighted by Gasteiger charge is -2.11. The van der Waals surface area contributed by atoms with Gasteiger partial charge in [-0.3, -0.25) is 0 Å². The summed E-state index contributed by atoms with van der Waals surface area (Å²) in [6.07, 6.45) is 0. The van der Waals surface area contributed by atoms with Crippen molar-refractivity contribution in [2.24, 2.45) is 0 Å². The molecule has 4 nitrogen and oxygen atoms in total. The smallest absolute Gasteiger partial charge is 0.339 e.